The van der Waals surface area contributed by atoms with Gasteiger partial charge in [0.1, 0.15) is 5.82 Å². The normalized spacial score (nSPS) is 10.3. The molecule has 98 valence electrons. The maximum absolute atomic E-state index is 11.0. The SMILES string of the molecule is Cc1ccccc1N(C)c1ccc(C(=O)O)c(C)n1. The van der Waals surface area contributed by atoms with Crippen molar-refractivity contribution in [1.82, 2.24) is 4.98 Å². The molecular formula is C15H16N2O2. The van der Waals surface area contributed by atoms with Gasteiger partial charge in [0.15, 0.2) is 0 Å². The third-order valence-corrected chi connectivity index (χ3v) is 3.12. The van der Waals surface area contributed by atoms with E-state index in [1.807, 2.05) is 43.1 Å². The average Bonchev–Trinajstić information content (AvgIpc) is 2.38. The van der Waals surface area contributed by atoms with Crippen molar-refractivity contribution in [3.05, 3.63) is 53.2 Å². The summed E-state index contributed by atoms with van der Waals surface area (Å²) < 4.78 is 0. The van der Waals surface area contributed by atoms with Gasteiger partial charge < -0.3 is 10.0 Å². The van der Waals surface area contributed by atoms with E-state index in [9.17, 15) is 4.79 Å². The van der Waals surface area contributed by atoms with E-state index >= 15 is 0 Å². The van der Waals surface area contributed by atoms with Gasteiger partial charge in [-0.25, -0.2) is 9.78 Å². The largest absolute Gasteiger partial charge is 0.478 e. The molecule has 1 N–H and O–H groups in total. The lowest BCUT2D eigenvalue weighted by atomic mass is 10.1. The Morgan fingerprint density at radius 1 is 1.16 bits per heavy atom. The summed E-state index contributed by atoms with van der Waals surface area (Å²) in [6.45, 7) is 3.74. The van der Waals surface area contributed by atoms with E-state index in [2.05, 4.69) is 4.98 Å². The van der Waals surface area contributed by atoms with E-state index < -0.39 is 5.97 Å². The molecule has 0 fully saturated rings. The highest BCUT2D eigenvalue weighted by molar-refractivity contribution is 5.89. The highest BCUT2D eigenvalue weighted by Gasteiger charge is 2.12. The minimum atomic E-state index is -0.949. The second kappa shape index (κ2) is 5.10. The van der Waals surface area contributed by atoms with Crippen molar-refractivity contribution in [2.75, 3.05) is 11.9 Å². The van der Waals surface area contributed by atoms with E-state index in [4.69, 9.17) is 5.11 Å². The molecule has 0 amide bonds. The molecule has 0 spiro atoms. The number of para-hydroxylation sites is 1. The lowest BCUT2D eigenvalue weighted by molar-refractivity contribution is 0.0695. The van der Waals surface area contributed by atoms with Gasteiger partial charge in [-0.15, -0.1) is 0 Å². The van der Waals surface area contributed by atoms with Gasteiger partial charge in [-0.3, -0.25) is 0 Å². The Kier molecular flexibility index (Phi) is 3.51. The second-order valence-electron chi connectivity index (χ2n) is 4.45. The Bertz CT molecular complexity index is 623. The maximum atomic E-state index is 11.0. The standard InChI is InChI=1S/C15H16N2O2/c1-10-6-4-5-7-13(10)17(3)14-9-8-12(15(18)19)11(2)16-14/h4-9H,1-3H3,(H,18,19). The molecule has 1 aromatic carbocycles. The van der Waals surface area contributed by atoms with Crippen molar-refractivity contribution in [3.8, 4) is 0 Å². The van der Waals surface area contributed by atoms with Crippen LogP contribution in [0.1, 0.15) is 21.6 Å². The first-order valence-corrected chi connectivity index (χ1v) is 6.01. The van der Waals surface area contributed by atoms with Crippen LogP contribution in [-0.4, -0.2) is 23.1 Å². The molecule has 0 unspecified atom stereocenters. The third kappa shape index (κ3) is 2.57. The summed E-state index contributed by atoms with van der Waals surface area (Å²) in [5.74, 6) is -0.216. The number of carboxylic acids is 1. The third-order valence-electron chi connectivity index (χ3n) is 3.12. The van der Waals surface area contributed by atoms with Gasteiger partial charge in [0.2, 0.25) is 0 Å². The summed E-state index contributed by atoms with van der Waals surface area (Å²) in [5.41, 5.74) is 2.96. The zero-order chi connectivity index (χ0) is 14.0. The number of nitrogens with zero attached hydrogens (tertiary/aromatic N) is 2. The predicted octanol–water partition coefficient (Wildman–Crippen LogP) is 3.16. The monoisotopic (exact) mass is 256 g/mol. The topological polar surface area (TPSA) is 53.4 Å². The molecule has 2 aromatic rings. The number of aromatic nitrogens is 1. The summed E-state index contributed by atoms with van der Waals surface area (Å²) in [7, 11) is 1.92. The first kappa shape index (κ1) is 13.1. The van der Waals surface area contributed by atoms with Crippen molar-refractivity contribution >= 4 is 17.5 Å². The van der Waals surface area contributed by atoms with E-state index in [1.165, 1.54) is 0 Å². The van der Waals surface area contributed by atoms with Crippen LogP contribution in [0.5, 0.6) is 0 Å². The van der Waals surface area contributed by atoms with Crippen LogP contribution in [0.4, 0.5) is 11.5 Å². The Hall–Kier alpha value is -2.36. The van der Waals surface area contributed by atoms with Gasteiger partial charge >= 0.3 is 5.97 Å². The molecule has 0 saturated heterocycles. The maximum Gasteiger partial charge on any atom is 0.337 e. The molecule has 4 heteroatoms. The van der Waals surface area contributed by atoms with Gasteiger partial charge in [-0.05, 0) is 37.6 Å². The minimum absolute atomic E-state index is 0.238. The van der Waals surface area contributed by atoms with Gasteiger partial charge in [0.25, 0.3) is 0 Å². The zero-order valence-corrected chi connectivity index (χ0v) is 11.2. The molecule has 0 bridgehead atoms. The van der Waals surface area contributed by atoms with Gasteiger partial charge in [-0.2, -0.15) is 0 Å². The van der Waals surface area contributed by atoms with Gasteiger partial charge in [0, 0.05) is 12.7 Å². The molecule has 1 heterocycles. The lowest BCUT2D eigenvalue weighted by Gasteiger charge is -2.21. The van der Waals surface area contributed by atoms with E-state index in [0.717, 1.165) is 17.1 Å². The molecule has 4 nitrogen and oxygen atoms in total. The van der Waals surface area contributed by atoms with E-state index in [1.54, 1.807) is 19.1 Å². The molecule has 0 aliphatic rings. The number of benzene rings is 1. The van der Waals surface area contributed by atoms with Crippen LogP contribution in [-0.2, 0) is 0 Å². The number of aromatic carboxylic acids is 1. The molecule has 0 saturated carbocycles. The van der Waals surface area contributed by atoms with Crippen molar-refractivity contribution in [1.29, 1.82) is 0 Å². The molecule has 0 radical (unpaired) electrons. The van der Waals surface area contributed by atoms with Gasteiger partial charge in [0.05, 0.1) is 11.3 Å². The molecule has 0 aliphatic carbocycles. The Labute approximate surface area is 112 Å². The predicted molar refractivity (Wildman–Crippen MR) is 75.2 cm³/mol. The Morgan fingerprint density at radius 2 is 1.84 bits per heavy atom. The van der Waals surface area contributed by atoms with E-state index in [-0.39, 0.29) is 5.56 Å². The number of rotatable bonds is 3. The summed E-state index contributed by atoms with van der Waals surface area (Å²) in [5, 5.41) is 9.00. The van der Waals surface area contributed by atoms with Crippen LogP contribution in [0.3, 0.4) is 0 Å². The van der Waals surface area contributed by atoms with E-state index in [0.29, 0.717) is 5.69 Å². The lowest BCUT2D eigenvalue weighted by Crippen LogP contribution is -2.14. The number of anilines is 2. The van der Waals surface area contributed by atoms with Crippen molar-refractivity contribution in [3.63, 3.8) is 0 Å². The average molecular weight is 256 g/mol. The highest BCUT2D eigenvalue weighted by Crippen LogP contribution is 2.25. The number of hydrogen-bond acceptors (Lipinski definition) is 3. The zero-order valence-electron chi connectivity index (χ0n) is 11.2. The fourth-order valence-electron chi connectivity index (χ4n) is 2.02. The van der Waals surface area contributed by atoms with Gasteiger partial charge in [-0.1, -0.05) is 18.2 Å². The molecule has 0 atom stereocenters. The second-order valence-corrected chi connectivity index (χ2v) is 4.45. The fourth-order valence-corrected chi connectivity index (χ4v) is 2.02. The Balaban J connectivity index is 2.40. The van der Waals surface area contributed by atoms with Crippen LogP contribution < -0.4 is 4.90 Å². The first-order chi connectivity index (χ1) is 9.00. The van der Waals surface area contributed by atoms with Crippen LogP contribution in [0.15, 0.2) is 36.4 Å². The van der Waals surface area contributed by atoms with Crippen LogP contribution >= 0.6 is 0 Å². The van der Waals surface area contributed by atoms with Crippen LogP contribution in [0.25, 0.3) is 0 Å². The number of pyridine rings is 1. The van der Waals surface area contributed by atoms with Crippen LogP contribution in [0.2, 0.25) is 0 Å². The summed E-state index contributed by atoms with van der Waals surface area (Å²) in [4.78, 5) is 17.3. The molecule has 19 heavy (non-hydrogen) atoms. The van der Waals surface area contributed by atoms with Crippen LogP contribution in [0, 0.1) is 13.8 Å². The quantitative estimate of drug-likeness (QED) is 0.916. The molecule has 0 aliphatic heterocycles. The summed E-state index contributed by atoms with van der Waals surface area (Å²) >= 11 is 0. The molecule has 2 rings (SSSR count). The van der Waals surface area contributed by atoms with Crippen molar-refractivity contribution in [2.24, 2.45) is 0 Å². The number of hydrogen-bond donors (Lipinski definition) is 1. The minimum Gasteiger partial charge on any atom is -0.478 e. The summed E-state index contributed by atoms with van der Waals surface area (Å²) in [6, 6.07) is 11.3. The number of aryl methyl sites for hydroxylation is 2. The summed E-state index contributed by atoms with van der Waals surface area (Å²) in [6.07, 6.45) is 0. The van der Waals surface area contributed by atoms with Crippen molar-refractivity contribution in [2.45, 2.75) is 13.8 Å². The molecular weight excluding hydrogens is 240 g/mol. The molecule has 1 aromatic heterocycles. The number of carbonyl (C=O) groups is 1. The smallest absolute Gasteiger partial charge is 0.337 e. The first-order valence-electron chi connectivity index (χ1n) is 6.01. The number of carboxylic acid groups (broad SMARTS) is 1. The highest BCUT2D eigenvalue weighted by atomic mass is 16.4. The Morgan fingerprint density at radius 3 is 2.42 bits per heavy atom. The fraction of sp³-hybridized carbons (Fsp3) is 0.200. The van der Waals surface area contributed by atoms with Crippen molar-refractivity contribution < 1.29 is 9.90 Å².